The van der Waals surface area contributed by atoms with Gasteiger partial charge in [-0.05, 0) is 17.9 Å². The maximum Gasteiger partial charge on any atom is 0.279 e. The summed E-state index contributed by atoms with van der Waals surface area (Å²) >= 11 is 0. The quantitative estimate of drug-likeness (QED) is 0.598. The maximum absolute atomic E-state index is 10.9. The van der Waals surface area contributed by atoms with E-state index in [4.69, 9.17) is 0 Å². The first kappa shape index (κ1) is 13.1. The minimum atomic E-state index is -0.631. The molecule has 0 saturated heterocycles. The van der Waals surface area contributed by atoms with E-state index in [-0.39, 0.29) is 16.8 Å². The van der Waals surface area contributed by atoms with Gasteiger partial charge in [0.25, 0.3) is 11.4 Å². The number of nitro groups is 2. The Kier molecular flexibility index (Phi) is 3.45. The van der Waals surface area contributed by atoms with Crippen LogP contribution in [0.4, 0.5) is 11.4 Å². The molecule has 0 aliphatic carbocycles. The van der Waals surface area contributed by atoms with Gasteiger partial charge in [-0.15, -0.1) is 0 Å². The molecule has 0 spiro atoms. The average molecular weight is 238 g/mol. The van der Waals surface area contributed by atoms with Crippen molar-refractivity contribution in [1.29, 1.82) is 0 Å². The Morgan fingerprint density at radius 3 is 2.12 bits per heavy atom. The molecule has 0 bridgehead atoms. The number of nitrogens with zero attached hydrogens (tertiary/aromatic N) is 2. The lowest BCUT2D eigenvalue weighted by molar-refractivity contribution is -0.394. The fourth-order valence-corrected chi connectivity index (χ4v) is 1.56. The third kappa shape index (κ3) is 3.51. The first-order valence-corrected chi connectivity index (χ1v) is 5.12. The van der Waals surface area contributed by atoms with Crippen molar-refractivity contribution in [2.75, 3.05) is 0 Å². The number of rotatable bonds is 3. The first-order chi connectivity index (χ1) is 7.70. The average Bonchev–Trinajstić information content (AvgIpc) is 2.14. The SMILES string of the molecule is CC(C)(C)Cc1ccc([N+](=O)[O-])cc1[N+](=O)[O-]. The Hall–Kier alpha value is -1.98. The van der Waals surface area contributed by atoms with Crippen LogP contribution in [0.1, 0.15) is 26.3 Å². The second kappa shape index (κ2) is 4.48. The number of benzene rings is 1. The minimum Gasteiger partial charge on any atom is -0.258 e. The highest BCUT2D eigenvalue weighted by atomic mass is 16.6. The second-order valence-electron chi connectivity index (χ2n) is 5.06. The molecular formula is C11H14N2O4. The van der Waals surface area contributed by atoms with E-state index in [2.05, 4.69) is 0 Å². The summed E-state index contributed by atoms with van der Waals surface area (Å²) in [5, 5.41) is 21.4. The fraction of sp³-hybridized carbons (Fsp3) is 0.455. The molecule has 0 atom stereocenters. The Bertz CT molecular complexity index is 463. The molecule has 0 radical (unpaired) electrons. The molecule has 92 valence electrons. The third-order valence-corrected chi connectivity index (χ3v) is 2.20. The summed E-state index contributed by atoms with van der Waals surface area (Å²) in [6.07, 6.45) is 0.501. The lowest BCUT2D eigenvalue weighted by Crippen LogP contribution is -2.11. The van der Waals surface area contributed by atoms with Crippen molar-refractivity contribution < 1.29 is 9.85 Å². The summed E-state index contributed by atoms with van der Waals surface area (Å²) < 4.78 is 0. The van der Waals surface area contributed by atoms with Crippen molar-refractivity contribution in [3.63, 3.8) is 0 Å². The molecule has 0 N–H and O–H groups in total. The van der Waals surface area contributed by atoms with E-state index in [1.54, 1.807) is 0 Å². The van der Waals surface area contributed by atoms with Crippen molar-refractivity contribution in [2.24, 2.45) is 5.41 Å². The molecule has 0 fully saturated rings. The van der Waals surface area contributed by atoms with Crippen LogP contribution in [0.3, 0.4) is 0 Å². The van der Waals surface area contributed by atoms with Gasteiger partial charge in [-0.2, -0.15) is 0 Å². The highest BCUT2D eigenvalue weighted by Gasteiger charge is 2.22. The summed E-state index contributed by atoms with van der Waals surface area (Å²) in [7, 11) is 0. The first-order valence-electron chi connectivity index (χ1n) is 5.12. The highest BCUT2D eigenvalue weighted by molar-refractivity contribution is 5.49. The Balaban J connectivity index is 3.23. The molecule has 0 amide bonds. The van der Waals surface area contributed by atoms with Gasteiger partial charge in [0.15, 0.2) is 0 Å². The predicted octanol–water partition coefficient (Wildman–Crippen LogP) is 3.09. The van der Waals surface area contributed by atoms with Crippen LogP contribution in [0.2, 0.25) is 0 Å². The Morgan fingerprint density at radius 2 is 1.71 bits per heavy atom. The van der Waals surface area contributed by atoms with Gasteiger partial charge in [-0.1, -0.05) is 20.8 Å². The van der Waals surface area contributed by atoms with Gasteiger partial charge in [-0.25, -0.2) is 0 Å². The number of hydrogen-bond donors (Lipinski definition) is 0. The lowest BCUT2D eigenvalue weighted by atomic mass is 9.87. The zero-order chi connectivity index (χ0) is 13.2. The van der Waals surface area contributed by atoms with Crippen LogP contribution in [0.5, 0.6) is 0 Å². The summed E-state index contributed by atoms with van der Waals surface area (Å²) in [4.78, 5) is 20.2. The van der Waals surface area contributed by atoms with Crippen molar-refractivity contribution in [2.45, 2.75) is 27.2 Å². The van der Waals surface area contributed by atoms with Crippen molar-refractivity contribution in [3.8, 4) is 0 Å². The zero-order valence-corrected chi connectivity index (χ0v) is 9.97. The van der Waals surface area contributed by atoms with Gasteiger partial charge in [0.05, 0.1) is 15.9 Å². The van der Waals surface area contributed by atoms with Gasteiger partial charge in [0.2, 0.25) is 0 Å². The van der Waals surface area contributed by atoms with Gasteiger partial charge in [0.1, 0.15) is 0 Å². The molecule has 0 aromatic heterocycles. The van der Waals surface area contributed by atoms with E-state index in [1.165, 1.54) is 12.1 Å². The molecule has 1 aromatic carbocycles. The van der Waals surface area contributed by atoms with Crippen LogP contribution in [-0.2, 0) is 6.42 Å². The van der Waals surface area contributed by atoms with Gasteiger partial charge in [0, 0.05) is 11.6 Å². The van der Waals surface area contributed by atoms with E-state index in [0.717, 1.165) is 6.07 Å². The van der Waals surface area contributed by atoms with Gasteiger partial charge in [-0.3, -0.25) is 20.2 Å². The molecule has 1 aromatic rings. The van der Waals surface area contributed by atoms with Crippen molar-refractivity contribution in [3.05, 3.63) is 44.0 Å². The number of non-ortho nitro benzene ring substituents is 1. The molecule has 0 heterocycles. The summed E-state index contributed by atoms with van der Waals surface area (Å²) in [5.74, 6) is 0. The molecule has 1 rings (SSSR count). The molecule has 17 heavy (non-hydrogen) atoms. The molecule has 0 saturated carbocycles. The minimum absolute atomic E-state index is 0.110. The molecular weight excluding hydrogens is 224 g/mol. The Labute approximate surface area is 98.6 Å². The van der Waals surface area contributed by atoms with E-state index in [9.17, 15) is 20.2 Å². The number of hydrogen-bond acceptors (Lipinski definition) is 4. The standard InChI is InChI=1S/C11H14N2O4/c1-11(2,3)7-8-4-5-9(12(14)15)6-10(8)13(16)17/h4-6H,7H2,1-3H3. The monoisotopic (exact) mass is 238 g/mol. The summed E-state index contributed by atoms with van der Waals surface area (Å²) in [6.45, 7) is 5.87. The van der Waals surface area contributed by atoms with E-state index < -0.39 is 9.85 Å². The largest absolute Gasteiger partial charge is 0.279 e. The molecule has 0 unspecified atom stereocenters. The van der Waals surface area contributed by atoms with Crippen LogP contribution in [0.15, 0.2) is 18.2 Å². The van der Waals surface area contributed by atoms with E-state index in [1.807, 2.05) is 20.8 Å². The van der Waals surface area contributed by atoms with Crippen LogP contribution >= 0.6 is 0 Å². The molecule has 0 aliphatic heterocycles. The predicted molar refractivity (Wildman–Crippen MR) is 62.9 cm³/mol. The lowest BCUT2D eigenvalue weighted by Gasteiger charge is -2.17. The summed E-state index contributed by atoms with van der Waals surface area (Å²) in [6, 6.07) is 3.77. The summed E-state index contributed by atoms with van der Waals surface area (Å²) in [5.41, 5.74) is -0.0301. The number of nitro benzene ring substituents is 2. The highest BCUT2D eigenvalue weighted by Crippen LogP contribution is 2.30. The fourth-order valence-electron chi connectivity index (χ4n) is 1.56. The van der Waals surface area contributed by atoms with Crippen LogP contribution < -0.4 is 0 Å². The molecule has 6 nitrogen and oxygen atoms in total. The smallest absolute Gasteiger partial charge is 0.258 e. The molecule has 6 heteroatoms. The maximum atomic E-state index is 10.9. The van der Waals surface area contributed by atoms with E-state index in [0.29, 0.717) is 12.0 Å². The van der Waals surface area contributed by atoms with Crippen LogP contribution in [-0.4, -0.2) is 9.85 Å². The van der Waals surface area contributed by atoms with Crippen molar-refractivity contribution >= 4 is 11.4 Å². The van der Waals surface area contributed by atoms with Gasteiger partial charge < -0.3 is 0 Å². The normalized spacial score (nSPS) is 11.2. The van der Waals surface area contributed by atoms with Gasteiger partial charge >= 0.3 is 0 Å². The van der Waals surface area contributed by atoms with Crippen molar-refractivity contribution in [1.82, 2.24) is 0 Å². The third-order valence-electron chi connectivity index (χ3n) is 2.20. The zero-order valence-electron chi connectivity index (χ0n) is 9.97. The van der Waals surface area contributed by atoms with Crippen LogP contribution in [0.25, 0.3) is 0 Å². The second-order valence-corrected chi connectivity index (χ2v) is 5.06. The topological polar surface area (TPSA) is 86.3 Å². The van der Waals surface area contributed by atoms with E-state index >= 15 is 0 Å². The Morgan fingerprint density at radius 1 is 1.12 bits per heavy atom. The van der Waals surface area contributed by atoms with Crippen LogP contribution in [0, 0.1) is 25.6 Å². The molecule has 0 aliphatic rings.